The van der Waals surface area contributed by atoms with Gasteiger partial charge in [0.15, 0.2) is 0 Å². The zero-order valence-electron chi connectivity index (χ0n) is 15.8. The highest BCUT2D eigenvalue weighted by Crippen LogP contribution is 2.29. The number of hydrogen-bond acceptors (Lipinski definition) is 3. The van der Waals surface area contributed by atoms with Crippen molar-refractivity contribution in [2.24, 2.45) is 0 Å². The summed E-state index contributed by atoms with van der Waals surface area (Å²) >= 11 is 6.28. The van der Waals surface area contributed by atoms with E-state index in [0.717, 1.165) is 27.6 Å². The van der Waals surface area contributed by atoms with Gasteiger partial charge in [0.1, 0.15) is 12.4 Å². The van der Waals surface area contributed by atoms with E-state index in [2.05, 4.69) is 40.6 Å². The number of hydrogen-bond donors (Lipinski definition) is 1. The molecule has 1 heterocycles. The van der Waals surface area contributed by atoms with Crippen molar-refractivity contribution < 1.29 is 4.74 Å². The Morgan fingerprint density at radius 2 is 1.62 bits per heavy atom. The molecule has 0 amide bonds. The molecule has 148 valence electrons. The lowest BCUT2D eigenvalue weighted by atomic mass is 10.0. The van der Waals surface area contributed by atoms with E-state index >= 15 is 0 Å². The van der Waals surface area contributed by atoms with Crippen molar-refractivity contribution in [2.45, 2.75) is 19.7 Å². The molecule has 0 spiro atoms. The van der Waals surface area contributed by atoms with Gasteiger partial charge >= 0.3 is 0 Å². The van der Waals surface area contributed by atoms with Gasteiger partial charge in [-0.15, -0.1) is 12.4 Å². The van der Waals surface area contributed by atoms with E-state index in [0.29, 0.717) is 19.7 Å². The van der Waals surface area contributed by atoms with Crippen LogP contribution in [0.1, 0.15) is 16.8 Å². The molecule has 0 unspecified atom stereocenters. The molecule has 0 saturated heterocycles. The summed E-state index contributed by atoms with van der Waals surface area (Å²) in [6, 6.07) is 26.2. The van der Waals surface area contributed by atoms with Crippen molar-refractivity contribution in [2.75, 3.05) is 0 Å². The van der Waals surface area contributed by atoms with Crippen LogP contribution in [-0.4, -0.2) is 4.98 Å². The third-order valence-corrected chi connectivity index (χ3v) is 5.04. The van der Waals surface area contributed by atoms with Gasteiger partial charge < -0.3 is 10.1 Å². The normalized spacial score (nSPS) is 10.5. The second-order valence-electron chi connectivity index (χ2n) is 6.57. The van der Waals surface area contributed by atoms with Crippen LogP contribution in [0.4, 0.5) is 0 Å². The third kappa shape index (κ3) is 5.27. The summed E-state index contributed by atoms with van der Waals surface area (Å²) in [5.74, 6) is 0.868. The Bertz CT molecular complexity index is 1070. The highest BCUT2D eigenvalue weighted by atomic mass is 35.5. The number of pyridine rings is 1. The predicted octanol–water partition coefficient (Wildman–Crippen LogP) is 6.18. The molecular formula is C24H22Cl2N2O. The SMILES string of the molecule is Cl.Clc1ccccc1COc1ccc2ccccc2c1CNCc1ccccn1. The van der Waals surface area contributed by atoms with Gasteiger partial charge in [-0.25, -0.2) is 0 Å². The lowest BCUT2D eigenvalue weighted by molar-refractivity contribution is 0.303. The Morgan fingerprint density at radius 3 is 2.45 bits per heavy atom. The lowest BCUT2D eigenvalue weighted by Gasteiger charge is -2.15. The first-order valence-corrected chi connectivity index (χ1v) is 9.66. The fourth-order valence-electron chi connectivity index (χ4n) is 3.22. The van der Waals surface area contributed by atoms with Gasteiger partial charge in [-0.2, -0.15) is 0 Å². The Balaban J connectivity index is 0.00000240. The number of nitrogens with zero attached hydrogens (tertiary/aromatic N) is 1. The quantitative estimate of drug-likeness (QED) is 0.384. The van der Waals surface area contributed by atoms with Gasteiger partial charge in [-0.1, -0.05) is 66.2 Å². The van der Waals surface area contributed by atoms with Crippen LogP contribution in [-0.2, 0) is 19.7 Å². The molecular weight excluding hydrogens is 403 g/mol. The smallest absolute Gasteiger partial charge is 0.124 e. The molecule has 0 aliphatic carbocycles. The second kappa shape index (κ2) is 10.3. The molecule has 0 saturated carbocycles. The number of ether oxygens (including phenoxy) is 1. The molecule has 0 fully saturated rings. The van der Waals surface area contributed by atoms with Crippen molar-refractivity contribution in [1.29, 1.82) is 0 Å². The van der Waals surface area contributed by atoms with Crippen molar-refractivity contribution in [3.8, 4) is 5.75 Å². The van der Waals surface area contributed by atoms with E-state index in [9.17, 15) is 0 Å². The number of aromatic nitrogens is 1. The molecule has 3 aromatic carbocycles. The molecule has 0 aliphatic heterocycles. The molecule has 4 rings (SSSR count). The van der Waals surface area contributed by atoms with Crippen LogP contribution in [0.25, 0.3) is 10.8 Å². The first kappa shape index (κ1) is 21.1. The van der Waals surface area contributed by atoms with E-state index in [4.69, 9.17) is 16.3 Å². The van der Waals surface area contributed by atoms with Crippen molar-refractivity contribution in [3.63, 3.8) is 0 Å². The summed E-state index contributed by atoms with van der Waals surface area (Å²) < 4.78 is 6.17. The zero-order valence-corrected chi connectivity index (χ0v) is 17.4. The average molecular weight is 425 g/mol. The number of halogens is 2. The topological polar surface area (TPSA) is 34.1 Å². The van der Waals surface area contributed by atoms with Gasteiger partial charge in [0.05, 0.1) is 5.69 Å². The fraction of sp³-hybridized carbons (Fsp3) is 0.125. The van der Waals surface area contributed by atoms with E-state index in [1.807, 2.05) is 54.7 Å². The van der Waals surface area contributed by atoms with Crippen LogP contribution in [0.3, 0.4) is 0 Å². The van der Waals surface area contributed by atoms with Crippen LogP contribution < -0.4 is 10.1 Å². The molecule has 1 N–H and O–H groups in total. The van der Waals surface area contributed by atoms with Crippen LogP contribution in [0, 0.1) is 0 Å². The van der Waals surface area contributed by atoms with E-state index in [1.54, 1.807) is 0 Å². The Kier molecular flexibility index (Phi) is 7.48. The molecule has 0 bridgehead atoms. The number of fused-ring (bicyclic) bond motifs is 1. The summed E-state index contributed by atoms with van der Waals surface area (Å²) in [5, 5.41) is 6.60. The predicted molar refractivity (Wildman–Crippen MR) is 122 cm³/mol. The highest BCUT2D eigenvalue weighted by molar-refractivity contribution is 6.31. The van der Waals surface area contributed by atoms with Gasteiger partial charge in [0.25, 0.3) is 0 Å². The summed E-state index contributed by atoms with van der Waals surface area (Å²) in [6.45, 7) is 1.83. The maximum Gasteiger partial charge on any atom is 0.124 e. The van der Waals surface area contributed by atoms with Crippen molar-refractivity contribution in [3.05, 3.63) is 107 Å². The van der Waals surface area contributed by atoms with Crippen molar-refractivity contribution >= 4 is 34.8 Å². The first-order chi connectivity index (χ1) is 13.8. The number of nitrogens with one attached hydrogen (secondary N) is 1. The summed E-state index contributed by atoms with van der Waals surface area (Å²) in [4.78, 5) is 4.37. The maximum absolute atomic E-state index is 6.28. The zero-order chi connectivity index (χ0) is 19.2. The molecule has 3 nitrogen and oxygen atoms in total. The molecule has 4 aromatic rings. The third-order valence-electron chi connectivity index (χ3n) is 4.67. The Labute approximate surface area is 182 Å². The standard InChI is InChI=1S/C24H21ClN2O.ClH/c25-23-11-4-2-8-19(23)17-28-24-13-12-18-7-1-3-10-21(18)22(24)16-26-15-20-9-5-6-14-27-20;/h1-14,26H,15-17H2;1H. The maximum atomic E-state index is 6.28. The van der Waals surface area contributed by atoms with Crippen molar-refractivity contribution in [1.82, 2.24) is 10.3 Å². The second-order valence-corrected chi connectivity index (χ2v) is 6.98. The van der Waals surface area contributed by atoms with E-state index in [1.165, 1.54) is 10.8 Å². The van der Waals surface area contributed by atoms with Crippen LogP contribution >= 0.6 is 24.0 Å². The average Bonchev–Trinajstić information content (AvgIpc) is 2.74. The molecule has 5 heteroatoms. The van der Waals surface area contributed by atoms with Crippen LogP contribution in [0.15, 0.2) is 85.1 Å². The fourth-order valence-corrected chi connectivity index (χ4v) is 3.41. The minimum absolute atomic E-state index is 0. The minimum atomic E-state index is 0. The minimum Gasteiger partial charge on any atom is -0.488 e. The Morgan fingerprint density at radius 1 is 0.828 bits per heavy atom. The molecule has 0 atom stereocenters. The van der Waals surface area contributed by atoms with Crippen LogP contribution in [0.5, 0.6) is 5.75 Å². The summed E-state index contributed by atoms with van der Waals surface area (Å²) in [5.41, 5.74) is 3.13. The number of rotatable bonds is 7. The summed E-state index contributed by atoms with van der Waals surface area (Å²) in [7, 11) is 0. The van der Waals surface area contributed by atoms with Crippen LogP contribution in [0.2, 0.25) is 5.02 Å². The molecule has 29 heavy (non-hydrogen) atoms. The number of benzene rings is 3. The van der Waals surface area contributed by atoms with Gasteiger partial charge in [-0.3, -0.25) is 4.98 Å². The molecule has 0 aliphatic rings. The van der Waals surface area contributed by atoms with Gasteiger partial charge in [0, 0.05) is 35.4 Å². The monoisotopic (exact) mass is 424 g/mol. The van der Waals surface area contributed by atoms with Gasteiger partial charge in [0.2, 0.25) is 0 Å². The largest absolute Gasteiger partial charge is 0.488 e. The molecule has 0 radical (unpaired) electrons. The summed E-state index contributed by atoms with van der Waals surface area (Å²) in [6.07, 6.45) is 1.81. The van der Waals surface area contributed by atoms with Gasteiger partial charge in [-0.05, 0) is 35.0 Å². The lowest BCUT2D eigenvalue weighted by Crippen LogP contribution is -2.15. The first-order valence-electron chi connectivity index (χ1n) is 9.29. The molecule has 1 aromatic heterocycles. The van der Waals surface area contributed by atoms with E-state index in [-0.39, 0.29) is 12.4 Å². The highest BCUT2D eigenvalue weighted by Gasteiger charge is 2.10. The Hall–Kier alpha value is -2.59. The van der Waals surface area contributed by atoms with E-state index < -0.39 is 0 Å².